The molecule has 0 bridgehead atoms. The highest BCUT2D eigenvalue weighted by Gasteiger charge is 2.37. The summed E-state index contributed by atoms with van der Waals surface area (Å²) in [4.78, 5) is 29.6. The van der Waals surface area contributed by atoms with E-state index in [4.69, 9.17) is 18.6 Å². The van der Waals surface area contributed by atoms with Crippen LogP contribution in [0.1, 0.15) is 60.3 Å². The number of anilines is 1. The fraction of sp³-hybridized carbons (Fsp3) is 0.379. The molecule has 1 fully saturated rings. The van der Waals surface area contributed by atoms with Crippen molar-refractivity contribution in [3.8, 4) is 17.2 Å². The van der Waals surface area contributed by atoms with E-state index in [0.29, 0.717) is 34.9 Å². The Morgan fingerprint density at radius 1 is 1.00 bits per heavy atom. The number of nitrogens with one attached hydrogen (secondary N) is 1. The topological polar surface area (TPSA) is 90.2 Å². The quantitative estimate of drug-likeness (QED) is 0.401. The molecule has 0 spiro atoms. The lowest BCUT2D eigenvalue weighted by Crippen LogP contribution is -2.46. The first kappa shape index (κ1) is 26.1. The van der Waals surface area contributed by atoms with Crippen LogP contribution in [0.4, 0.5) is 5.69 Å². The maximum absolute atomic E-state index is 14.1. The average Bonchev–Trinajstić information content (AvgIpc) is 3.65. The summed E-state index contributed by atoms with van der Waals surface area (Å²) in [7, 11) is 4.56. The van der Waals surface area contributed by atoms with Crippen molar-refractivity contribution in [3.05, 3.63) is 71.7 Å². The molecular formula is C29H34N2O6. The molecule has 196 valence electrons. The number of methoxy groups -OCH3 is 3. The Balaban J connectivity index is 1.93. The van der Waals surface area contributed by atoms with Crippen LogP contribution in [0.15, 0.2) is 59.2 Å². The largest absolute Gasteiger partial charge is 0.493 e. The maximum Gasteiger partial charge on any atom is 0.294 e. The Labute approximate surface area is 217 Å². The van der Waals surface area contributed by atoms with Crippen molar-refractivity contribution in [2.45, 2.75) is 51.1 Å². The fourth-order valence-electron chi connectivity index (χ4n) is 4.96. The number of nitrogens with zero attached hydrogens (tertiary/aromatic N) is 1. The monoisotopic (exact) mass is 506 g/mol. The second-order valence-electron chi connectivity index (χ2n) is 8.99. The lowest BCUT2D eigenvalue weighted by Gasteiger charge is -2.33. The number of amides is 2. The minimum absolute atomic E-state index is 0.0547. The molecule has 2 amide bonds. The Morgan fingerprint density at radius 2 is 1.68 bits per heavy atom. The molecule has 1 atom stereocenters. The van der Waals surface area contributed by atoms with Crippen LogP contribution in [0, 0.1) is 0 Å². The van der Waals surface area contributed by atoms with Gasteiger partial charge in [-0.05, 0) is 60.7 Å². The highest BCUT2D eigenvalue weighted by molar-refractivity contribution is 6.09. The van der Waals surface area contributed by atoms with Gasteiger partial charge in [0.05, 0.1) is 27.6 Å². The Kier molecular flexibility index (Phi) is 8.38. The van der Waals surface area contributed by atoms with Crippen molar-refractivity contribution in [1.29, 1.82) is 0 Å². The van der Waals surface area contributed by atoms with Gasteiger partial charge in [0, 0.05) is 11.7 Å². The Hall–Kier alpha value is -3.94. The van der Waals surface area contributed by atoms with Gasteiger partial charge in [-0.25, -0.2) is 0 Å². The van der Waals surface area contributed by atoms with Crippen LogP contribution >= 0.6 is 0 Å². The van der Waals surface area contributed by atoms with Gasteiger partial charge in [-0.1, -0.05) is 38.0 Å². The van der Waals surface area contributed by atoms with Gasteiger partial charge < -0.3 is 23.9 Å². The highest BCUT2D eigenvalue weighted by Crippen LogP contribution is 2.42. The van der Waals surface area contributed by atoms with E-state index in [1.807, 2.05) is 31.2 Å². The number of rotatable bonds is 10. The summed E-state index contributed by atoms with van der Waals surface area (Å²) in [5.41, 5.74) is 2.08. The molecule has 0 saturated heterocycles. The molecule has 1 N–H and O–H groups in total. The first-order valence-electron chi connectivity index (χ1n) is 12.6. The molecule has 37 heavy (non-hydrogen) atoms. The van der Waals surface area contributed by atoms with Gasteiger partial charge in [0.2, 0.25) is 11.7 Å². The van der Waals surface area contributed by atoms with Gasteiger partial charge >= 0.3 is 0 Å². The van der Waals surface area contributed by atoms with Gasteiger partial charge in [0.25, 0.3) is 5.91 Å². The summed E-state index contributed by atoms with van der Waals surface area (Å²) >= 11 is 0. The second kappa shape index (κ2) is 11.9. The third kappa shape index (κ3) is 5.43. The fourth-order valence-corrected chi connectivity index (χ4v) is 4.96. The number of hydrogen-bond donors (Lipinski definition) is 1. The zero-order valence-electron chi connectivity index (χ0n) is 21.8. The number of benzene rings is 2. The first-order chi connectivity index (χ1) is 18.0. The predicted octanol–water partition coefficient (Wildman–Crippen LogP) is 5.31. The minimum Gasteiger partial charge on any atom is -0.493 e. The minimum atomic E-state index is -1.03. The summed E-state index contributed by atoms with van der Waals surface area (Å²) < 4.78 is 22.2. The van der Waals surface area contributed by atoms with Crippen LogP contribution < -0.4 is 24.4 Å². The molecule has 1 aromatic heterocycles. The molecule has 0 radical (unpaired) electrons. The molecule has 0 aliphatic heterocycles. The van der Waals surface area contributed by atoms with Crippen molar-refractivity contribution < 1.29 is 28.2 Å². The number of para-hydroxylation sites is 1. The van der Waals surface area contributed by atoms with Gasteiger partial charge in [-0.2, -0.15) is 0 Å². The van der Waals surface area contributed by atoms with Crippen molar-refractivity contribution in [2.75, 3.05) is 26.2 Å². The molecule has 1 aliphatic carbocycles. The van der Waals surface area contributed by atoms with Crippen molar-refractivity contribution in [1.82, 2.24) is 5.32 Å². The molecule has 4 rings (SSSR count). The Morgan fingerprint density at radius 3 is 2.24 bits per heavy atom. The van der Waals surface area contributed by atoms with Crippen LogP contribution in [0.3, 0.4) is 0 Å². The van der Waals surface area contributed by atoms with Crippen molar-refractivity contribution in [2.24, 2.45) is 0 Å². The van der Waals surface area contributed by atoms with Crippen LogP contribution in [-0.4, -0.2) is 39.2 Å². The summed E-state index contributed by atoms with van der Waals surface area (Å²) in [5, 5.41) is 3.19. The smallest absolute Gasteiger partial charge is 0.294 e. The number of aryl methyl sites for hydroxylation is 1. The SMILES string of the molecule is CCc1ccccc1N(C(=O)c1ccco1)[C@H](C(=O)NC1CCCC1)c1cc(OC)c(OC)c(OC)c1. The van der Waals surface area contributed by atoms with E-state index >= 15 is 0 Å². The molecular weight excluding hydrogens is 472 g/mol. The van der Waals surface area contributed by atoms with Crippen LogP contribution in [0.25, 0.3) is 0 Å². The molecule has 8 heteroatoms. The van der Waals surface area contributed by atoms with Crippen LogP contribution in [0.5, 0.6) is 17.2 Å². The lowest BCUT2D eigenvalue weighted by molar-refractivity contribution is -0.123. The van der Waals surface area contributed by atoms with E-state index < -0.39 is 11.9 Å². The number of hydrogen-bond acceptors (Lipinski definition) is 6. The number of furan rings is 1. The van der Waals surface area contributed by atoms with E-state index in [1.165, 1.54) is 32.5 Å². The summed E-state index contributed by atoms with van der Waals surface area (Å²) in [5.74, 6) is 0.617. The predicted molar refractivity (Wildman–Crippen MR) is 141 cm³/mol. The van der Waals surface area contributed by atoms with E-state index in [1.54, 1.807) is 24.3 Å². The first-order valence-corrected chi connectivity index (χ1v) is 12.6. The van der Waals surface area contributed by atoms with Crippen LogP contribution in [-0.2, 0) is 11.2 Å². The van der Waals surface area contributed by atoms with Gasteiger partial charge in [-0.15, -0.1) is 0 Å². The lowest BCUT2D eigenvalue weighted by atomic mass is 9.99. The van der Waals surface area contributed by atoms with Crippen LogP contribution in [0.2, 0.25) is 0 Å². The number of carbonyl (C=O) groups is 2. The maximum atomic E-state index is 14.1. The molecule has 1 saturated carbocycles. The zero-order valence-corrected chi connectivity index (χ0v) is 21.8. The van der Waals surface area contributed by atoms with E-state index in [0.717, 1.165) is 31.2 Å². The number of ether oxygens (including phenoxy) is 3. The van der Waals surface area contributed by atoms with Gasteiger partial charge in [-0.3, -0.25) is 14.5 Å². The standard InChI is InChI=1S/C29H34N2O6/c1-5-19-11-6-9-14-22(19)31(29(33)23-15-10-16-37-23)26(28(32)30-21-12-7-8-13-21)20-17-24(34-2)27(36-4)25(18-20)35-3/h6,9-11,14-18,21,26H,5,7-8,12-13H2,1-4H3,(H,30,32)/t26-/m0/s1. The third-order valence-corrected chi connectivity index (χ3v) is 6.79. The summed E-state index contributed by atoms with van der Waals surface area (Å²) in [6.45, 7) is 2.02. The Bertz CT molecular complexity index is 1190. The normalized spacial score (nSPS) is 14.2. The summed E-state index contributed by atoms with van der Waals surface area (Å²) in [6, 6.07) is 13.3. The van der Waals surface area contributed by atoms with Crippen molar-refractivity contribution >= 4 is 17.5 Å². The van der Waals surface area contributed by atoms with E-state index in [9.17, 15) is 9.59 Å². The third-order valence-electron chi connectivity index (χ3n) is 6.79. The molecule has 1 aliphatic rings. The summed E-state index contributed by atoms with van der Waals surface area (Å²) in [6.07, 6.45) is 6.06. The molecule has 3 aromatic rings. The number of carbonyl (C=O) groups excluding carboxylic acids is 2. The molecule has 2 aromatic carbocycles. The van der Waals surface area contributed by atoms with Gasteiger partial charge in [0.15, 0.2) is 17.3 Å². The zero-order chi connectivity index (χ0) is 26.4. The average molecular weight is 507 g/mol. The molecule has 1 heterocycles. The molecule has 0 unspecified atom stereocenters. The van der Waals surface area contributed by atoms with E-state index in [2.05, 4.69) is 5.32 Å². The second-order valence-corrected chi connectivity index (χ2v) is 8.99. The van der Waals surface area contributed by atoms with Gasteiger partial charge in [0.1, 0.15) is 6.04 Å². The van der Waals surface area contributed by atoms with Crippen molar-refractivity contribution in [3.63, 3.8) is 0 Å². The van der Waals surface area contributed by atoms with E-state index in [-0.39, 0.29) is 17.7 Å². The molecule has 8 nitrogen and oxygen atoms in total. The highest BCUT2D eigenvalue weighted by atomic mass is 16.5.